The van der Waals surface area contributed by atoms with E-state index in [1.54, 1.807) is 13.8 Å². The minimum atomic E-state index is -0.540. The standard InChI is InChI=1S/C24H26O4/c1-3-27-23(25)21-15-19(17-11-7-5-8-12-17)20(18-13-9-6-10-14-18)16-22(21)24(26)28-4-2/h5-14,21-22H,3-4,15-16H2,1-2H3. The second kappa shape index (κ2) is 9.36. The lowest BCUT2D eigenvalue weighted by atomic mass is 9.72. The summed E-state index contributed by atoms with van der Waals surface area (Å²) in [5, 5.41) is 0. The van der Waals surface area contributed by atoms with Gasteiger partial charge in [-0.05, 0) is 49.0 Å². The minimum absolute atomic E-state index is 0.292. The van der Waals surface area contributed by atoms with E-state index < -0.39 is 11.8 Å². The number of carbonyl (C=O) groups excluding carboxylic acids is 2. The van der Waals surface area contributed by atoms with Crippen LogP contribution in [0.25, 0.3) is 11.1 Å². The van der Waals surface area contributed by atoms with Crippen molar-refractivity contribution in [2.45, 2.75) is 26.7 Å². The van der Waals surface area contributed by atoms with Crippen LogP contribution < -0.4 is 0 Å². The van der Waals surface area contributed by atoms with E-state index in [2.05, 4.69) is 0 Å². The molecule has 4 heteroatoms. The SMILES string of the molecule is CCOC(=O)C1CC(c2ccccc2)=C(c2ccccc2)CC1C(=O)OCC. The van der Waals surface area contributed by atoms with Gasteiger partial charge in [0.05, 0.1) is 25.0 Å². The summed E-state index contributed by atoms with van der Waals surface area (Å²) in [6, 6.07) is 20.1. The van der Waals surface area contributed by atoms with Gasteiger partial charge in [0.25, 0.3) is 0 Å². The third-order valence-corrected chi connectivity index (χ3v) is 5.12. The number of esters is 2. The van der Waals surface area contributed by atoms with Crippen LogP contribution in [0.2, 0.25) is 0 Å². The predicted octanol–water partition coefficient (Wildman–Crippen LogP) is 4.75. The van der Waals surface area contributed by atoms with Crippen molar-refractivity contribution in [3.8, 4) is 0 Å². The Morgan fingerprint density at radius 3 is 1.39 bits per heavy atom. The van der Waals surface area contributed by atoms with E-state index >= 15 is 0 Å². The first-order chi connectivity index (χ1) is 13.7. The highest BCUT2D eigenvalue weighted by atomic mass is 16.5. The first-order valence-corrected chi connectivity index (χ1v) is 9.81. The number of hydrogen-bond donors (Lipinski definition) is 0. The van der Waals surface area contributed by atoms with E-state index in [-0.39, 0.29) is 11.9 Å². The summed E-state index contributed by atoms with van der Waals surface area (Å²) < 4.78 is 10.6. The summed E-state index contributed by atoms with van der Waals surface area (Å²) in [7, 11) is 0. The van der Waals surface area contributed by atoms with Gasteiger partial charge in [0, 0.05) is 0 Å². The summed E-state index contributed by atoms with van der Waals surface area (Å²) in [5.74, 6) is -1.74. The van der Waals surface area contributed by atoms with Crippen LogP contribution in [0.1, 0.15) is 37.8 Å². The van der Waals surface area contributed by atoms with E-state index in [0.29, 0.717) is 26.1 Å². The maximum absolute atomic E-state index is 12.7. The van der Waals surface area contributed by atoms with Crippen LogP contribution in [0, 0.1) is 11.8 Å². The number of hydrogen-bond acceptors (Lipinski definition) is 4. The molecule has 0 aromatic heterocycles. The zero-order valence-electron chi connectivity index (χ0n) is 16.4. The van der Waals surface area contributed by atoms with Crippen molar-refractivity contribution in [2.75, 3.05) is 13.2 Å². The average Bonchev–Trinajstić information content (AvgIpc) is 2.74. The molecule has 3 rings (SSSR count). The molecule has 2 atom stereocenters. The van der Waals surface area contributed by atoms with Crippen molar-refractivity contribution in [1.29, 1.82) is 0 Å². The van der Waals surface area contributed by atoms with Gasteiger partial charge in [0.2, 0.25) is 0 Å². The number of allylic oxidation sites excluding steroid dienone is 2. The van der Waals surface area contributed by atoms with Crippen molar-refractivity contribution in [3.05, 3.63) is 71.8 Å². The Morgan fingerprint density at radius 1 is 0.714 bits per heavy atom. The molecule has 0 N–H and O–H groups in total. The molecular weight excluding hydrogens is 352 g/mol. The normalized spacial score (nSPS) is 19.2. The number of carbonyl (C=O) groups is 2. The number of rotatable bonds is 6. The molecule has 2 aromatic carbocycles. The summed E-state index contributed by atoms with van der Waals surface area (Å²) in [4.78, 5) is 25.4. The van der Waals surface area contributed by atoms with Gasteiger partial charge < -0.3 is 9.47 Å². The highest BCUT2D eigenvalue weighted by molar-refractivity contribution is 5.97. The average molecular weight is 378 g/mol. The maximum atomic E-state index is 12.7. The fraction of sp³-hybridized carbons (Fsp3) is 0.333. The molecule has 0 amide bonds. The highest BCUT2D eigenvalue weighted by Gasteiger charge is 2.41. The summed E-state index contributed by atoms with van der Waals surface area (Å²) in [6.07, 6.45) is 0.910. The Bertz CT molecular complexity index is 768. The van der Waals surface area contributed by atoms with Crippen molar-refractivity contribution in [2.24, 2.45) is 11.8 Å². The second-order valence-electron chi connectivity index (χ2n) is 6.81. The molecule has 2 unspecified atom stereocenters. The van der Waals surface area contributed by atoms with Gasteiger partial charge in [-0.3, -0.25) is 9.59 Å². The Morgan fingerprint density at radius 2 is 1.07 bits per heavy atom. The Kier molecular flexibility index (Phi) is 6.64. The third kappa shape index (κ3) is 4.33. The lowest BCUT2D eigenvalue weighted by molar-refractivity contribution is -0.160. The molecule has 0 aliphatic heterocycles. The zero-order chi connectivity index (χ0) is 19.9. The largest absolute Gasteiger partial charge is 0.466 e. The van der Waals surface area contributed by atoms with E-state index in [9.17, 15) is 9.59 Å². The quantitative estimate of drug-likeness (QED) is 0.681. The fourth-order valence-corrected chi connectivity index (χ4v) is 3.83. The fourth-order valence-electron chi connectivity index (χ4n) is 3.83. The van der Waals surface area contributed by atoms with Crippen LogP contribution in [0.15, 0.2) is 60.7 Å². The van der Waals surface area contributed by atoms with Gasteiger partial charge in [-0.2, -0.15) is 0 Å². The molecule has 0 bridgehead atoms. The van der Waals surface area contributed by atoms with Gasteiger partial charge in [0.1, 0.15) is 0 Å². The van der Waals surface area contributed by atoms with Crippen molar-refractivity contribution in [3.63, 3.8) is 0 Å². The topological polar surface area (TPSA) is 52.6 Å². The monoisotopic (exact) mass is 378 g/mol. The lowest BCUT2D eigenvalue weighted by Gasteiger charge is -2.32. The smallest absolute Gasteiger partial charge is 0.310 e. The summed E-state index contributed by atoms with van der Waals surface area (Å²) >= 11 is 0. The molecule has 146 valence electrons. The van der Waals surface area contributed by atoms with Crippen molar-refractivity contribution >= 4 is 23.1 Å². The van der Waals surface area contributed by atoms with Crippen molar-refractivity contribution < 1.29 is 19.1 Å². The molecule has 0 saturated carbocycles. The molecule has 1 aliphatic carbocycles. The molecule has 0 spiro atoms. The maximum Gasteiger partial charge on any atom is 0.310 e. The van der Waals surface area contributed by atoms with Gasteiger partial charge in [-0.15, -0.1) is 0 Å². The zero-order valence-corrected chi connectivity index (χ0v) is 16.4. The van der Waals surface area contributed by atoms with Crippen LogP contribution in [0.4, 0.5) is 0 Å². The van der Waals surface area contributed by atoms with Crippen molar-refractivity contribution in [1.82, 2.24) is 0 Å². The number of benzene rings is 2. The molecule has 0 radical (unpaired) electrons. The van der Waals surface area contributed by atoms with Gasteiger partial charge >= 0.3 is 11.9 Å². The molecule has 0 saturated heterocycles. The molecule has 28 heavy (non-hydrogen) atoms. The predicted molar refractivity (Wildman–Crippen MR) is 109 cm³/mol. The van der Waals surface area contributed by atoms with Gasteiger partial charge in [-0.1, -0.05) is 60.7 Å². The van der Waals surface area contributed by atoms with Crippen LogP contribution in [0.3, 0.4) is 0 Å². The lowest BCUT2D eigenvalue weighted by Crippen LogP contribution is -2.35. The molecule has 0 heterocycles. The number of ether oxygens (including phenoxy) is 2. The molecule has 0 fully saturated rings. The Hall–Kier alpha value is -2.88. The molecule has 2 aromatic rings. The van der Waals surface area contributed by atoms with Crippen LogP contribution in [-0.2, 0) is 19.1 Å². The molecule has 4 nitrogen and oxygen atoms in total. The van der Waals surface area contributed by atoms with E-state index in [0.717, 1.165) is 22.3 Å². The highest BCUT2D eigenvalue weighted by Crippen LogP contribution is 2.44. The van der Waals surface area contributed by atoms with Gasteiger partial charge in [-0.25, -0.2) is 0 Å². The summed E-state index contributed by atoms with van der Waals surface area (Å²) in [6.45, 7) is 4.15. The first-order valence-electron chi connectivity index (χ1n) is 9.81. The first kappa shape index (κ1) is 19.9. The second-order valence-corrected chi connectivity index (χ2v) is 6.81. The Balaban J connectivity index is 2.10. The minimum Gasteiger partial charge on any atom is -0.466 e. The Labute approximate surface area is 166 Å². The van der Waals surface area contributed by atoms with E-state index in [1.165, 1.54) is 0 Å². The van der Waals surface area contributed by atoms with E-state index in [4.69, 9.17) is 9.47 Å². The third-order valence-electron chi connectivity index (χ3n) is 5.12. The molecule has 1 aliphatic rings. The van der Waals surface area contributed by atoms with Crippen LogP contribution in [0.5, 0.6) is 0 Å². The van der Waals surface area contributed by atoms with Gasteiger partial charge in [0.15, 0.2) is 0 Å². The van der Waals surface area contributed by atoms with E-state index in [1.807, 2.05) is 60.7 Å². The van der Waals surface area contributed by atoms with Crippen LogP contribution in [-0.4, -0.2) is 25.2 Å². The molecular formula is C24H26O4. The summed E-state index contributed by atoms with van der Waals surface area (Å²) in [5.41, 5.74) is 4.31. The van der Waals surface area contributed by atoms with Crippen LogP contribution >= 0.6 is 0 Å².